The van der Waals surface area contributed by atoms with E-state index in [2.05, 4.69) is 48.1 Å². The molecule has 0 saturated heterocycles. The Morgan fingerprint density at radius 2 is 2.19 bits per heavy atom. The highest BCUT2D eigenvalue weighted by Gasteiger charge is 2.11. The van der Waals surface area contributed by atoms with Crippen LogP contribution in [0.5, 0.6) is 0 Å². The van der Waals surface area contributed by atoms with E-state index in [0.29, 0.717) is 10.2 Å². The Morgan fingerprint density at radius 1 is 1.38 bits per heavy atom. The van der Waals surface area contributed by atoms with Crippen molar-refractivity contribution in [3.05, 3.63) is 32.9 Å². The van der Waals surface area contributed by atoms with Gasteiger partial charge in [-0.2, -0.15) is 0 Å². The van der Waals surface area contributed by atoms with Gasteiger partial charge in [0, 0.05) is 18.3 Å². The van der Waals surface area contributed by atoms with Crippen molar-refractivity contribution in [2.24, 2.45) is 0 Å². The fourth-order valence-electron chi connectivity index (χ4n) is 1.72. The molecule has 2 rings (SSSR count). The Hall–Kier alpha value is -1.41. The lowest BCUT2D eigenvalue weighted by Gasteiger charge is -2.08. The Kier molecular flexibility index (Phi) is 5.75. The summed E-state index contributed by atoms with van der Waals surface area (Å²) in [5.41, 5.74) is 0.647. The molecule has 0 bridgehead atoms. The molecule has 2 aromatic heterocycles. The molecule has 0 saturated carbocycles. The number of aryl methyl sites for hydroxylation is 1. The predicted molar refractivity (Wildman–Crippen MR) is 86.9 cm³/mol. The zero-order chi connectivity index (χ0) is 15.2. The molecule has 0 fully saturated rings. The SMILES string of the molecule is CCCc1cc(=O)[nH]c(Sc2ncnc(NCC)c2Br)n1. The topological polar surface area (TPSA) is 83.6 Å². The summed E-state index contributed by atoms with van der Waals surface area (Å²) in [7, 11) is 0. The first kappa shape index (κ1) is 16.0. The number of hydrogen-bond acceptors (Lipinski definition) is 6. The average molecular weight is 370 g/mol. The number of anilines is 1. The molecular weight excluding hydrogens is 354 g/mol. The standard InChI is InChI=1S/C13H16BrN5OS/c1-3-5-8-6-9(20)19-13(18-8)21-12-10(14)11(15-4-2)16-7-17-12/h6-7H,3-5H2,1-2H3,(H,15,16,17)(H,18,19,20). The maximum atomic E-state index is 11.7. The first-order valence-corrected chi connectivity index (χ1v) is 8.27. The lowest BCUT2D eigenvalue weighted by molar-refractivity contribution is 0.814. The molecule has 0 aliphatic heterocycles. The van der Waals surface area contributed by atoms with Gasteiger partial charge in [-0.1, -0.05) is 13.3 Å². The van der Waals surface area contributed by atoms with Crippen molar-refractivity contribution in [2.75, 3.05) is 11.9 Å². The molecule has 0 radical (unpaired) electrons. The van der Waals surface area contributed by atoms with Gasteiger partial charge in [0.2, 0.25) is 0 Å². The van der Waals surface area contributed by atoms with Crippen LogP contribution in [0.4, 0.5) is 5.82 Å². The zero-order valence-corrected chi connectivity index (χ0v) is 14.2. The summed E-state index contributed by atoms with van der Waals surface area (Å²) in [5.74, 6) is 0.724. The van der Waals surface area contributed by atoms with Crippen LogP contribution in [0.25, 0.3) is 0 Å². The van der Waals surface area contributed by atoms with Crippen LogP contribution in [-0.2, 0) is 6.42 Å². The maximum Gasteiger partial charge on any atom is 0.251 e. The van der Waals surface area contributed by atoms with E-state index in [1.165, 1.54) is 24.2 Å². The molecular formula is C13H16BrN5OS. The van der Waals surface area contributed by atoms with Crippen LogP contribution in [-0.4, -0.2) is 26.5 Å². The van der Waals surface area contributed by atoms with Gasteiger partial charge in [-0.25, -0.2) is 15.0 Å². The molecule has 0 aromatic carbocycles. The van der Waals surface area contributed by atoms with E-state index >= 15 is 0 Å². The van der Waals surface area contributed by atoms with Crippen LogP contribution < -0.4 is 10.9 Å². The largest absolute Gasteiger partial charge is 0.369 e. The minimum Gasteiger partial charge on any atom is -0.369 e. The number of halogens is 1. The van der Waals surface area contributed by atoms with Crippen LogP contribution in [0.1, 0.15) is 26.0 Å². The van der Waals surface area contributed by atoms with E-state index in [-0.39, 0.29) is 5.56 Å². The van der Waals surface area contributed by atoms with E-state index in [9.17, 15) is 4.79 Å². The van der Waals surface area contributed by atoms with Crippen molar-refractivity contribution >= 4 is 33.5 Å². The first-order chi connectivity index (χ1) is 10.1. The normalized spacial score (nSPS) is 10.6. The van der Waals surface area contributed by atoms with Gasteiger partial charge in [0.25, 0.3) is 5.56 Å². The highest BCUT2D eigenvalue weighted by molar-refractivity contribution is 9.10. The lowest BCUT2D eigenvalue weighted by Crippen LogP contribution is -2.10. The monoisotopic (exact) mass is 369 g/mol. The van der Waals surface area contributed by atoms with Gasteiger partial charge in [-0.05, 0) is 41.0 Å². The molecule has 0 aliphatic rings. The minimum absolute atomic E-state index is 0.145. The fourth-order valence-corrected chi connectivity index (χ4v) is 3.09. The number of aromatic amines is 1. The van der Waals surface area contributed by atoms with E-state index in [0.717, 1.165) is 35.4 Å². The third-order valence-corrected chi connectivity index (χ3v) is 4.48. The van der Waals surface area contributed by atoms with Crippen molar-refractivity contribution in [1.82, 2.24) is 19.9 Å². The van der Waals surface area contributed by atoms with Gasteiger partial charge >= 0.3 is 0 Å². The van der Waals surface area contributed by atoms with Crippen molar-refractivity contribution < 1.29 is 0 Å². The Morgan fingerprint density at radius 3 is 2.90 bits per heavy atom. The molecule has 2 aromatic rings. The number of nitrogens with one attached hydrogen (secondary N) is 2. The number of hydrogen-bond donors (Lipinski definition) is 2. The molecule has 8 heteroatoms. The smallest absolute Gasteiger partial charge is 0.251 e. The van der Waals surface area contributed by atoms with Crippen LogP contribution in [0, 0.1) is 0 Å². The summed E-state index contributed by atoms with van der Waals surface area (Å²) < 4.78 is 0.764. The van der Waals surface area contributed by atoms with Crippen LogP contribution in [0.3, 0.4) is 0 Å². The summed E-state index contributed by atoms with van der Waals surface area (Å²) in [6, 6.07) is 1.53. The van der Waals surface area contributed by atoms with Gasteiger partial charge in [-0.3, -0.25) is 4.79 Å². The van der Waals surface area contributed by atoms with Gasteiger partial charge < -0.3 is 10.3 Å². The molecule has 112 valence electrons. The van der Waals surface area contributed by atoms with Crippen molar-refractivity contribution in [3.63, 3.8) is 0 Å². The van der Waals surface area contributed by atoms with Gasteiger partial charge in [-0.15, -0.1) is 0 Å². The number of H-pyrrole nitrogens is 1. The Bertz CT molecular complexity index is 676. The summed E-state index contributed by atoms with van der Waals surface area (Å²) in [5, 5.41) is 4.38. The van der Waals surface area contributed by atoms with Crippen molar-refractivity contribution in [1.29, 1.82) is 0 Å². The molecule has 0 aliphatic carbocycles. The molecule has 0 unspecified atom stereocenters. The number of nitrogens with zero attached hydrogens (tertiary/aromatic N) is 3. The van der Waals surface area contributed by atoms with Crippen LogP contribution >= 0.6 is 27.7 Å². The molecule has 0 atom stereocenters. The average Bonchev–Trinajstić information content (AvgIpc) is 2.43. The third-order valence-electron chi connectivity index (χ3n) is 2.57. The minimum atomic E-state index is -0.145. The van der Waals surface area contributed by atoms with Crippen molar-refractivity contribution in [3.8, 4) is 0 Å². The van der Waals surface area contributed by atoms with Gasteiger partial charge in [0.1, 0.15) is 17.2 Å². The van der Waals surface area contributed by atoms with Crippen LogP contribution in [0.15, 0.2) is 31.8 Å². The second-order valence-corrected chi connectivity index (χ2v) is 6.04. The highest BCUT2D eigenvalue weighted by atomic mass is 79.9. The molecule has 0 spiro atoms. The third kappa shape index (κ3) is 4.28. The van der Waals surface area contributed by atoms with E-state index < -0.39 is 0 Å². The Balaban J connectivity index is 2.29. The second kappa shape index (κ2) is 7.56. The van der Waals surface area contributed by atoms with Gasteiger partial charge in [0.15, 0.2) is 5.16 Å². The lowest BCUT2D eigenvalue weighted by atomic mass is 10.2. The second-order valence-electron chi connectivity index (χ2n) is 4.27. The summed E-state index contributed by atoms with van der Waals surface area (Å²) in [6.07, 6.45) is 3.21. The Labute approximate surface area is 135 Å². The molecule has 6 nitrogen and oxygen atoms in total. The highest BCUT2D eigenvalue weighted by Crippen LogP contribution is 2.32. The van der Waals surface area contributed by atoms with Gasteiger partial charge in [0.05, 0.1) is 4.47 Å². The van der Waals surface area contributed by atoms with E-state index in [4.69, 9.17) is 0 Å². The number of aromatic nitrogens is 4. The molecule has 2 heterocycles. The van der Waals surface area contributed by atoms with Crippen LogP contribution in [0.2, 0.25) is 0 Å². The molecule has 21 heavy (non-hydrogen) atoms. The summed E-state index contributed by atoms with van der Waals surface area (Å²) in [4.78, 5) is 27.2. The molecule has 2 N–H and O–H groups in total. The zero-order valence-electron chi connectivity index (χ0n) is 11.8. The van der Waals surface area contributed by atoms with Crippen molar-refractivity contribution in [2.45, 2.75) is 36.9 Å². The first-order valence-electron chi connectivity index (χ1n) is 6.66. The quantitative estimate of drug-likeness (QED) is 0.601. The van der Waals surface area contributed by atoms with E-state index in [1.54, 1.807) is 0 Å². The summed E-state index contributed by atoms with van der Waals surface area (Å²) >= 11 is 4.78. The van der Waals surface area contributed by atoms with E-state index in [1.807, 2.05) is 6.92 Å². The molecule has 0 amide bonds. The fraction of sp³-hybridized carbons (Fsp3) is 0.385. The predicted octanol–water partition coefficient (Wildman–Crippen LogP) is 2.86. The number of rotatable bonds is 6. The maximum absolute atomic E-state index is 11.7. The summed E-state index contributed by atoms with van der Waals surface area (Å²) in [6.45, 7) is 4.81.